The maximum atomic E-state index is 15.5. The second kappa shape index (κ2) is 32.3. The van der Waals surface area contributed by atoms with Crippen molar-refractivity contribution in [3.8, 4) is 112 Å². The van der Waals surface area contributed by atoms with Gasteiger partial charge in [-0.05, 0) is 248 Å². The summed E-state index contributed by atoms with van der Waals surface area (Å²) in [5.41, 5.74) is 32.2. The molecule has 2 aliphatic rings. The third kappa shape index (κ3) is 12.4. The lowest BCUT2D eigenvalue weighted by Crippen LogP contribution is -2.14. The molecule has 24 aromatic carbocycles. The fourth-order valence-electron chi connectivity index (χ4n) is 25.8. The van der Waals surface area contributed by atoms with E-state index >= 15 is 9.59 Å². The van der Waals surface area contributed by atoms with E-state index in [1.54, 1.807) is 0 Å². The Hall–Kier alpha value is -19.9. The highest BCUT2D eigenvalue weighted by Crippen LogP contribution is 2.52. The third-order valence-corrected chi connectivity index (χ3v) is 32.7. The number of H-pyrrole nitrogens is 2. The maximum absolute atomic E-state index is 15.5. The first-order valence-corrected chi connectivity index (χ1v) is 51.5. The zero-order valence-corrected chi connectivity index (χ0v) is 80.9. The van der Waals surface area contributed by atoms with E-state index < -0.39 is 0 Å². The van der Waals surface area contributed by atoms with E-state index in [0.717, 1.165) is 205 Å². The molecule has 1 atom stereocenters. The molecule has 150 heavy (non-hydrogen) atoms. The van der Waals surface area contributed by atoms with Crippen LogP contribution in [0.2, 0.25) is 0 Å². The maximum Gasteiger partial charge on any atom is 0.264 e. The van der Waals surface area contributed by atoms with E-state index in [4.69, 9.17) is 10.2 Å². The summed E-state index contributed by atoms with van der Waals surface area (Å²) in [6, 6.07) is 162. The number of nitrogens with zero attached hydrogens (tertiary/aromatic N) is 6. The summed E-state index contributed by atoms with van der Waals surface area (Å²) in [4.78, 5) is 38.5. The van der Waals surface area contributed by atoms with Gasteiger partial charge in [-0.15, -0.1) is 0 Å². The van der Waals surface area contributed by atoms with Crippen molar-refractivity contribution in [3.05, 3.63) is 517 Å². The SMILES string of the molecule is O=c1c2ccc3c4ccc5c6c(ccc(c7ccc(c2c73)c2[nH]c3cc(-c7ccc(C8=C9C=CC(c%10ccc(-c%11ccc(-n%12nc(-c%13ccc(-c%14cc(-c%15ccccc%15)n(-c%15ccc(-c%16cccc%17ccccc%16%17)c%16ccccc%15%16)n%14)cc%13)cc%12-c%12ccccc%12)c%12ccccc%11%12)c%11ccccc%10%11)=CC9CC=C8)c8ccccc78)ccc3n12)c46)c(=O)n1c2ccc(-c3ccc(-c4cccc6ccccc46)c4ccccc34)cc2[nH]c51. The first kappa shape index (κ1) is 83.5. The second-order valence-electron chi connectivity index (χ2n) is 40.4. The number of imidazole rings is 2. The molecule has 696 valence electrons. The molecule has 2 aliphatic carbocycles. The molecule has 0 aliphatic heterocycles. The molecule has 10 nitrogen and oxygen atoms in total. The van der Waals surface area contributed by atoms with Gasteiger partial charge in [-0.3, -0.25) is 18.4 Å². The Labute approximate surface area is 857 Å². The van der Waals surface area contributed by atoms with Gasteiger partial charge in [0.1, 0.15) is 11.3 Å². The quantitative estimate of drug-likeness (QED) is 0.0885. The van der Waals surface area contributed by atoms with Crippen LogP contribution in [0.25, 0.3) is 297 Å². The normalized spacial score (nSPS) is 13.5. The predicted molar refractivity (Wildman–Crippen MR) is 625 cm³/mol. The van der Waals surface area contributed by atoms with Crippen molar-refractivity contribution in [2.75, 3.05) is 0 Å². The fourth-order valence-corrected chi connectivity index (χ4v) is 25.8. The molecule has 0 spiro atoms. The van der Waals surface area contributed by atoms with Crippen LogP contribution in [0.4, 0.5) is 0 Å². The van der Waals surface area contributed by atoms with E-state index in [-0.39, 0.29) is 17.0 Å². The standard InChI is InChI=1S/C140H84N8O2/c149-139-121-68-64-117-116-63-67-120-136-122(69-65-118(134(116)136)115-62-66-119(135(121)133(115)117)137-141-125-77-89(53-72-129(125)145(137)139)95-57-59-108(103-38-14-12-36-98(95)103)100-45-21-30-81-24-7-9-33-91(81)100)140(150)146-130-73-54-90(78-126(130)142-138(120)146)96-58-60-109(104-39-15-13-37-99(96)104)102-47-23-32-87-76-88(52-55-93(87)102)94-56-61-110(105-40-16-11-35-97(94)105)112-71-75-128(114-44-20-18-42-107(112)114)148-132(86-28-5-2-6-29-86)80-124(144-148)84-50-48-83(49-51-84)123-79-131(85-26-3-1-4-27-85)147(143-123)127-74-70-111(106-41-17-19-43-113(106)127)101-46-22-31-82-25-8-10-34-92(82)101/h1-31,33-80,87,141-142H,32H2. The number of benzene rings is 24. The fraction of sp³-hybridized carbons (Fsp3) is 0.0143. The Bertz CT molecular complexity index is 11400. The summed E-state index contributed by atoms with van der Waals surface area (Å²) < 4.78 is 8.02. The highest BCUT2D eigenvalue weighted by Gasteiger charge is 2.31. The molecule has 32 rings (SSSR count). The van der Waals surface area contributed by atoms with Crippen LogP contribution in [0.15, 0.2) is 494 Å². The summed E-state index contributed by atoms with van der Waals surface area (Å²) in [6.07, 6.45) is 12.8. The van der Waals surface area contributed by atoms with Gasteiger partial charge >= 0.3 is 0 Å². The van der Waals surface area contributed by atoms with Crippen molar-refractivity contribution in [2.24, 2.45) is 5.92 Å². The zero-order chi connectivity index (χ0) is 98.3. The predicted octanol–water partition coefficient (Wildman–Crippen LogP) is 35.1. The van der Waals surface area contributed by atoms with Crippen LogP contribution in [0.1, 0.15) is 17.5 Å². The molecule has 0 saturated heterocycles. The molecule has 0 bridgehead atoms. The molecule has 1 unspecified atom stereocenters. The smallest absolute Gasteiger partial charge is 0.264 e. The summed E-state index contributed by atoms with van der Waals surface area (Å²) in [6.45, 7) is 0. The van der Waals surface area contributed by atoms with E-state index in [1.807, 2.05) is 20.9 Å². The van der Waals surface area contributed by atoms with Crippen LogP contribution in [-0.2, 0) is 0 Å². The lowest BCUT2D eigenvalue weighted by molar-refractivity contribution is 0.787. The van der Waals surface area contributed by atoms with Crippen molar-refractivity contribution in [2.45, 2.75) is 6.42 Å². The minimum Gasteiger partial charge on any atom is -0.339 e. The monoisotopic (exact) mass is 1910 g/mol. The number of nitrogens with one attached hydrogen (secondary N) is 2. The van der Waals surface area contributed by atoms with E-state index in [2.05, 4.69) is 486 Å². The minimum absolute atomic E-state index is 0.0716. The van der Waals surface area contributed by atoms with Gasteiger partial charge in [-0.2, -0.15) is 10.2 Å². The van der Waals surface area contributed by atoms with Crippen molar-refractivity contribution in [1.29, 1.82) is 0 Å². The van der Waals surface area contributed by atoms with Gasteiger partial charge in [0.15, 0.2) is 0 Å². The van der Waals surface area contributed by atoms with E-state index in [9.17, 15) is 0 Å². The average molecular weight is 1910 g/mol. The number of fused-ring (bicyclic) bond motifs is 18. The Morgan fingerprint density at radius 1 is 0.240 bits per heavy atom. The molecule has 6 aromatic heterocycles. The molecule has 0 amide bonds. The second-order valence-corrected chi connectivity index (χ2v) is 40.4. The highest BCUT2D eigenvalue weighted by atomic mass is 16.1. The van der Waals surface area contributed by atoms with Crippen molar-refractivity contribution < 1.29 is 0 Å². The molecule has 0 radical (unpaired) electrons. The Balaban J connectivity index is 0.434. The van der Waals surface area contributed by atoms with Crippen molar-refractivity contribution >= 4 is 185 Å². The highest BCUT2D eigenvalue weighted by molar-refractivity contribution is 6.41. The summed E-state index contributed by atoms with van der Waals surface area (Å²) >= 11 is 0. The molecular formula is C140H84N8O2. The first-order valence-electron chi connectivity index (χ1n) is 51.5. The van der Waals surface area contributed by atoms with Gasteiger partial charge in [0.05, 0.1) is 56.2 Å². The Morgan fingerprint density at radius 2 is 0.573 bits per heavy atom. The molecule has 2 N–H and O–H groups in total. The van der Waals surface area contributed by atoms with E-state index in [1.165, 1.54) is 104 Å². The number of aromatic amines is 2. The summed E-state index contributed by atoms with van der Waals surface area (Å²) in [5.74, 6) is 0.148. The van der Waals surface area contributed by atoms with Crippen LogP contribution in [0.3, 0.4) is 0 Å². The van der Waals surface area contributed by atoms with Crippen molar-refractivity contribution in [1.82, 2.24) is 38.3 Å². The Morgan fingerprint density at radius 3 is 1.03 bits per heavy atom. The zero-order valence-electron chi connectivity index (χ0n) is 80.9. The van der Waals surface area contributed by atoms with Crippen LogP contribution >= 0.6 is 0 Å². The van der Waals surface area contributed by atoms with Crippen LogP contribution in [-0.4, -0.2) is 38.3 Å². The third-order valence-electron chi connectivity index (χ3n) is 32.7. The van der Waals surface area contributed by atoms with Crippen LogP contribution < -0.4 is 11.1 Å². The number of rotatable bonds is 13. The lowest BCUT2D eigenvalue weighted by atomic mass is 9.78. The lowest BCUT2D eigenvalue weighted by Gasteiger charge is -2.26. The average Bonchev–Trinajstić information content (AvgIpc) is 1.23. The number of hydrogen-bond acceptors (Lipinski definition) is 4. The summed E-state index contributed by atoms with van der Waals surface area (Å²) in [7, 11) is 0. The molecule has 30 aromatic rings. The summed E-state index contributed by atoms with van der Waals surface area (Å²) in [5, 5.41) is 38.9. The Kier molecular flexibility index (Phi) is 18.0. The topological polar surface area (TPSA) is 110 Å². The molecule has 6 heterocycles. The van der Waals surface area contributed by atoms with Gasteiger partial charge in [0.2, 0.25) is 0 Å². The number of allylic oxidation sites excluding steroid dienone is 8. The largest absolute Gasteiger partial charge is 0.339 e. The number of aromatic nitrogens is 8. The van der Waals surface area contributed by atoms with Gasteiger partial charge in [0, 0.05) is 71.3 Å². The van der Waals surface area contributed by atoms with Crippen LogP contribution in [0.5, 0.6) is 0 Å². The van der Waals surface area contributed by atoms with Crippen molar-refractivity contribution in [3.63, 3.8) is 0 Å². The van der Waals surface area contributed by atoms with Gasteiger partial charge in [-0.1, -0.05) is 419 Å². The van der Waals surface area contributed by atoms with Gasteiger partial charge in [-0.25, -0.2) is 9.36 Å². The van der Waals surface area contributed by atoms with Crippen LogP contribution in [0, 0.1) is 5.92 Å². The number of pyridine rings is 2. The molecule has 0 saturated carbocycles. The minimum atomic E-state index is -0.0778. The first-order chi connectivity index (χ1) is 74.2. The van der Waals surface area contributed by atoms with Gasteiger partial charge < -0.3 is 9.97 Å². The van der Waals surface area contributed by atoms with Gasteiger partial charge in [0.25, 0.3) is 11.1 Å². The number of hydrogen-bond donors (Lipinski definition) is 2. The van der Waals surface area contributed by atoms with E-state index in [0.29, 0.717) is 10.8 Å². The molecular weight excluding hydrogens is 1830 g/mol. The molecule has 10 heteroatoms. The molecule has 0 fully saturated rings.